The zero-order valence-corrected chi connectivity index (χ0v) is 8.78. The number of amides is 2. The molecule has 0 aromatic heterocycles. The Hall–Kier alpha value is -1.92. The molecule has 0 heterocycles. The highest BCUT2D eigenvalue weighted by Crippen LogP contribution is 2.42. The number of hydrogen-bond acceptors (Lipinski definition) is 6. The van der Waals surface area contributed by atoms with Gasteiger partial charge in [-0.25, -0.2) is 9.69 Å². The van der Waals surface area contributed by atoms with Crippen molar-refractivity contribution in [3.8, 4) is 0 Å². The number of esters is 1. The third-order valence-corrected chi connectivity index (χ3v) is 2.49. The van der Waals surface area contributed by atoms with Gasteiger partial charge >= 0.3 is 12.1 Å². The standard InChI is InChI=1S/C9H11NO6/c1-15-8(13)6-5(3-11)7(6)10(4-12)9(14)16-2/h3-7H,1-2H3/t5-,6-,7-/m1/s1. The fourth-order valence-corrected chi connectivity index (χ4v) is 1.61. The van der Waals surface area contributed by atoms with Crippen molar-refractivity contribution in [2.45, 2.75) is 6.04 Å². The van der Waals surface area contributed by atoms with Gasteiger partial charge in [0.25, 0.3) is 0 Å². The van der Waals surface area contributed by atoms with Crippen LogP contribution in [0.15, 0.2) is 0 Å². The van der Waals surface area contributed by atoms with Gasteiger partial charge in [-0.1, -0.05) is 0 Å². The van der Waals surface area contributed by atoms with Crippen LogP contribution in [0.1, 0.15) is 0 Å². The zero-order valence-electron chi connectivity index (χ0n) is 8.78. The summed E-state index contributed by atoms with van der Waals surface area (Å²) < 4.78 is 8.80. The van der Waals surface area contributed by atoms with E-state index in [0.717, 1.165) is 7.11 Å². The summed E-state index contributed by atoms with van der Waals surface area (Å²) in [5, 5.41) is 0. The smallest absolute Gasteiger partial charge is 0.416 e. The maximum Gasteiger partial charge on any atom is 0.416 e. The molecule has 0 aromatic carbocycles. The summed E-state index contributed by atoms with van der Waals surface area (Å²) in [6, 6.07) is -0.796. The molecule has 0 spiro atoms. The summed E-state index contributed by atoms with van der Waals surface area (Å²) >= 11 is 0. The van der Waals surface area contributed by atoms with Crippen molar-refractivity contribution in [1.82, 2.24) is 4.90 Å². The molecule has 2 amide bonds. The lowest BCUT2D eigenvalue weighted by atomic mass is 10.3. The summed E-state index contributed by atoms with van der Waals surface area (Å²) in [4.78, 5) is 44.3. The average Bonchev–Trinajstić information content (AvgIpc) is 3.02. The summed E-state index contributed by atoms with van der Waals surface area (Å²) in [6.45, 7) is 0. The van der Waals surface area contributed by atoms with Gasteiger partial charge < -0.3 is 14.3 Å². The van der Waals surface area contributed by atoms with Crippen LogP contribution in [0, 0.1) is 11.8 Å². The molecule has 88 valence electrons. The number of carbonyl (C=O) groups is 4. The van der Waals surface area contributed by atoms with E-state index in [-0.39, 0.29) is 6.41 Å². The molecule has 1 rings (SSSR count). The third kappa shape index (κ3) is 1.88. The maximum absolute atomic E-state index is 11.2. The van der Waals surface area contributed by atoms with Gasteiger partial charge in [0.05, 0.1) is 32.1 Å². The Morgan fingerprint density at radius 3 is 2.19 bits per heavy atom. The fourth-order valence-electron chi connectivity index (χ4n) is 1.61. The highest BCUT2D eigenvalue weighted by Gasteiger charge is 2.60. The van der Waals surface area contributed by atoms with Crippen LogP contribution in [-0.4, -0.2) is 49.9 Å². The first kappa shape index (κ1) is 12.2. The molecule has 0 saturated heterocycles. The van der Waals surface area contributed by atoms with Crippen molar-refractivity contribution in [3.63, 3.8) is 0 Å². The van der Waals surface area contributed by atoms with Gasteiger partial charge in [0.2, 0.25) is 6.41 Å². The molecule has 0 aliphatic heterocycles. The SMILES string of the molecule is COC(=O)[C@@H]1[C@@H](C=O)[C@H]1N(C=O)C(=O)OC. The van der Waals surface area contributed by atoms with Crippen LogP contribution in [0.3, 0.4) is 0 Å². The number of aldehydes is 1. The molecule has 7 heteroatoms. The molecule has 0 aromatic rings. The van der Waals surface area contributed by atoms with E-state index in [2.05, 4.69) is 9.47 Å². The number of rotatable bonds is 4. The minimum Gasteiger partial charge on any atom is -0.469 e. The highest BCUT2D eigenvalue weighted by atomic mass is 16.5. The van der Waals surface area contributed by atoms with Crippen LogP contribution in [0.5, 0.6) is 0 Å². The second kappa shape index (κ2) is 4.73. The molecular weight excluding hydrogens is 218 g/mol. The minimum atomic E-state index is -0.904. The first-order chi connectivity index (χ1) is 7.62. The van der Waals surface area contributed by atoms with E-state index < -0.39 is 29.9 Å². The second-order valence-electron chi connectivity index (χ2n) is 3.24. The van der Waals surface area contributed by atoms with Crippen molar-refractivity contribution in [2.24, 2.45) is 11.8 Å². The lowest BCUT2D eigenvalue weighted by molar-refractivity contribution is -0.143. The first-order valence-electron chi connectivity index (χ1n) is 4.47. The zero-order chi connectivity index (χ0) is 12.3. The molecule has 0 radical (unpaired) electrons. The Morgan fingerprint density at radius 1 is 1.19 bits per heavy atom. The van der Waals surface area contributed by atoms with Crippen molar-refractivity contribution in [3.05, 3.63) is 0 Å². The van der Waals surface area contributed by atoms with Gasteiger partial charge in [0.1, 0.15) is 6.29 Å². The molecular formula is C9H11NO6. The van der Waals surface area contributed by atoms with Crippen LogP contribution >= 0.6 is 0 Å². The Morgan fingerprint density at radius 2 is 1.81 bits per heavy atom. The van der Waals surface area contributed by atoms with Crippen LogP contribution < -0.4 is 0 Å². The van der Waals surface area contributed by atoms with Gasteiger partial charge in [-0.05, 0) is 0 Å². The molecule has 0 unspecified atom stereocenters. The first-order valence-corrected chi connectivity index (χ1v) is 4.47. The fraction of sp³-hybridized carbons (Fsp3) is 0.556. The summed E-state index contributed by atoms with van der Waals surface area (Å²) in [6.07, 6.45) is -0.153. The Bertz CT molecular complexity index is 328. The monoisotopic (exact) mass is 229 g/mol. The largest absolute Gasteiger partial charge is 0.469 e. The number of methoxy groups -OCH3 is 2. The molecule has 3 atom stereocenters. The highest BCUT2D eigenvalue weighted by molar-refractivity contribution is 5.89. The number of nitrogens with zero attached hydrogens (tertiary/aromatic N) is 1. The molecule has 7 nitrogen and oxygen atoms in total. The quantitative estimate of drug-likeness (QED) is 0.463. The van der Waals surface area contributed by atoms with Crippen molar-refractivity contribution in [1.29, 1.82) is 0 Å². The number of ether oxygens (including phenoxy) is 2. The predicted octanol–water partition coefficient (Wildman–Crippen LogP) is -0.802. The van der Waals surface area contributed by atoms with E-state index in [1.54, 1.807) is 0 Å². The Balaban J connectivity index is 2.80. The van der Waals surface area contributed by atoms with Crippen LogP contribution in [0.25, 0.3) is 0 Å². The van der Waals surface area contributed by atoms with Crippen molar-refractivity contribution >= 4 is 24.8 Å². The summed E-state index contributed by atoms with van der Waals surface area (Å²) in [5.41, 5.74) is 0. The Labute approximate surface area is 91.3 Å². The summed E-state index contributed by atoms with van der Waals surface area (Å²) in [5.74, 6) is -2.12. The van der Waals surface area contributed by atoms with E-state index in [0.29, 0.717) is 11.2 Å². The Kier molecular flexibility index (Phi) is 3.60. The second-order valence-corrected chi connectivity index (χ2v) is 3.24. The predicted molar refractivity (Wildman–Crippen MR) is 49.2 cm³/mol. The van der Waals surface area contributed by atoms with Gasteiger partial charge in [0, 0.05) is 0 Å². The van der Waals surface area contributed by atoms with Crippen LogP contribution in [-0.2, 0) is 23.9 Å². The summed E-state index contributed by atoms with van der Waals surface area (Å²) in [7, 11) is 2.27. The van der Waals surface area contributed by atoms with Crippen LogP contribution in [0.4, 0.5) is 4.79 Å². The molecule has 1 aliphatic carbocycles. The van der Waals surface area contributed by atoms with Crippen molar-refractivity contribution in [2.75, 3.05) is 14.2 Å². The molecule has 1 saturated carbocycles. The van der Waals surface area contributed by atoms with E-state index in [1.165, 1.54) is 7.11 Å². The van der Waals surface area contributed by atoms with Gasteiger partial charge in [0.15, 0.2) is 0 Å². The number of hydrogen-bond donors (Lipinski definition) is 0. The van der Waals surface area contributed by atoms with E-state index in [1.807, 2.05) is 0 Å². The van der Waals surface area contributed by atoms with E-state index in [4.69, 9.17) is 0 Å². The molecule has 1 fully saturated rings. The van der Waals surface area contributed by atoms with E-state index >= 15 is 0 Å². The number of imide groups is 1. The molecule has 0 N–H and O–H groups in total. The topological polar surface area (TPSA) is 90.0 Å². The van der Waals surface area contributed by atoms with Gasteiger partial charge in [-0.15, -0.1) is 0 Å². The van der Waals surface area contributed by atoms with Crippen molar-refractivity contribution < 1.29 is 28.7 Å². The lowest BCUT2D eigenvalue weighted by Crippen LogP contribution is -2.34. The molecule has 16 heavy (non-hydrogen) atoms. The third-order valence-electron chi connectivity index (χ3n) is 2.49. The van der Waals surface area contributed by atoms with Crippen LogP contribution in [0.2, 0.25) is 0 Å². The number of carbonyl (C=O) groups excluding carboxylic acids is 4. The minimum absolute atomic E-state index is 0.232. The molecule has 1 aliphatic rings. The maximum atomic E-state index is 11.2. The normalized spacial score (nSPS) is 26.5. The van der Waals surface area contributed by atoms with Gasteiger partial charge in [-0.3, -0.25) is 9.59 Å². The van der Waals surface area contributed by atoms with E-state index in [9.17, 15) is 19.2 Å². The lowest BCUT2D eigenvalue weighted by Gasteiger charge is -2.12. The average molecular weight is 229 g/mol. The van der Waals surface area contributed by atoms with Gasteiger partial charge in [-0.2, -0.15) is 0 Å². The molecule has 0 bridgehead atoms.